The molecule has 2 rings (SSSR count). The molecule has 4 nitrogen and oxygen atoms in total. The Hall–Kier alpha value is -1.88. The highest BCUT2D eigenvalue weighted by atomic mass is 19.1. The molecule has 0 aliphatic rings. The molecular weight excluding hydrogens is 197 g/mol. The van der Waals surface area contributed by atoms with Gasteiger partial charge < -0.3 is 10.8 Å². The van der Waals surface area contributed by atoms with Gasteiger partial charge in [0.2, 0.25) is 0 Å². The van der Waals surface area contributed by atoms with Crippen LogP contribution in [0.4, 0.5) is 10.1 Å². The number of para-hydroxylation sites is 1. The number of aliphatic hydroxyl groups excluding tert-OH is 1. The van der Waals surface area contributed by atoms with E-state index >= 15 is 0 Å². The highest BCUT2D eigenvalue weighted by Crippen LogP contribution is 2.26. The largest absolute Gasteiger partial charge is 0.396 e. The molecule has 1 unspecified atom stereocenters. The monoisotopic (exact) mass is 207 g/mol. The summed E-state index contributed by atoms with van der Waals surface area (Å²) in [5.74, 6) is -0.536. The molecule has 78 valence electrons. The van der Waals surface area contributed by atoms with Crippen LogP contribution in [0.2, 0.25) is 0 Å². The molecule has 0 aliphatic carbocycles. The number of aromatic amines is 1. The highest BCUT2D eigenvalue weighted by Gasteiger charge is 2.16. The molecule has 0 saturated heterocycles. The third-order valence-corrected chi connectivity index (χ3v) is 2.20. The number of anilines is 1. The second-order valence-electron chi connectivity index (χ2n) is 3.16. The minimum atomic E-state index is -0.983. The molecule has 1 aromatic carbocycles. The lowest BCUT2D eigenvalue weighted by Crippen LogP contribution is -2.05. The van der Waals surface area contributed by atoms with Crippen LogP contribution in [0.15, 0.2) is 30.5 Å². The van der Waals surface area contributed by atoms with E-state index in [2.05, 4.69) is 10.2 Å². The van der Waals surface area contributed by atoms with Crippen molar-refractivity contribution in [3.8, 4) is 0 Å². The number of H-pyrrole nitrogens is 1. The van der Waals surface area contributed by atoms with Crippen LogP contribution in [-0.2, 0) is 0 Å². The molecule has 1 atom stereocenters. The molecule has 0 amide bonds. The van der Waals surface area contributed by atoms with Crippen molar-refractivity contribution in [1.29, 1.82) is 0 Å². The molecule has 2 aromatic rings. The molecular formula is C10H10FN3O. The van der Waals surface area contributed by atoms with Gasteiger partial charge in [0.1, 0.15) is 11.9 Å². The van der Waals surface area contributed by atoms with E-state index in [1.807, 2.05) is 0 Å². The Bertz CT molecular complexity index is 456. The first-order valence-corrected chi connectivity index (χ1v) is 4.41. The normalized spacial score (nSPS) is 12.7. The lowest BCUT2D eigenvalue weighted by atomic mass is 10.0. The third-order valence-electron chi connectivity index (χ3n) is 2.20. The van der Waals surface area contributed by atoms with Gasteiger partial charge in [0, 0.05) is 11.8 Å². The Balaban J connectivity index is 2.42. The van der Waals surface area contributed by atoms with Gasteiger partial charge in [0.25, 0.3) is 0 Å². The third kappa shape index (κ3) is 1.69. The molecule has 0 aliphatic heterocycles. The molecule has 15 heavy (non-hydrogen) atoms. The lowest BCUT2D eigenvalue weighted by molar-refractivity contribution is 0.215. The number of benzene rings is 1. The van der Waals surface area contributed by atoms with E-state index in [0.717, 1.165) is 0 Å². The molecule has 0 spiro atoms. The van der Waals surface area contributed by atoms with Crippen molar-refractivity contribution in [1.82, 2.24) is 10.2 Å². The Morgan fingerprint density at radius 3 is 2.87 bits per heavy atom. The van der Waals surface area contributed by atoms with Crippen LogP contribution >= 0.6 is 0 Å². The van der Waals surface area contributed by atoms with Crippen molar-refractivity contribution in [3.63, 3.8) is 0 Å². The Morgan fingerprint density at radius 1 is 1.40 bits per heavy atom. The number of halogens is 1. The first kappa shape index (κ1) is 9.67. The average Bonchev–Trinajstić information content (AvgIpc) is 2.74. The molecule has 0 fully saturated rings. The predicted molar refractivity (Wildman–Crippen MR) is 53.5 cm³/mol. The maximum atomic E-state index is 13.1. The summed E-state index contributed by atoms with van der Waals surface area (Å²) in [6.07, 6.45) is 0.525. The van der Waals surface area contributed by atoms with Gasteiger partial charge in [0.15, 0.2) is 0 Å². The summed E-state index contributed by atoms with van der Waals surface area (Å²) in [4.78, 5) is 0. The first-order valence-electron chi connectivity index (χ1n) is 4.41. The van der Waals surface area contributed by atoms with Crippen LogP contribution in [-0.4, -0.2) is 15.3 Å². The Kier molecular flexibility index (Phi) is 2.39. The average molecular weight is 207 g/mol. The van der Waals surface area contributed by atoms with Crippen molar-refractivity contribution in [3.05, 3.63) is 47.5 Å². The minimum absolute atomic E-state index is 0.0420. The number of nitrogens with zero attached hydrogens (tertiary/aromatic N) is 1. The lowest BCUT2D eigenvalue weighted by Gasteiger charge is -2.11. The van der Waals surface area contributed by atoms with E-state index < -0.39 is 11.9 Å². The van der Waals surface area contributed by atoms with Crippen LogP contribution in [0.1, 0.15) is 17.4 Å². The zero-order valence-corrected chi connectivity index (χ0v) is 7.81. The minimum Gasteiger partial charge on any atom is -0.396 e. The highest BCUT2D eigenvalue weighted by molar-refractivity contribution is 5.50. The quantitative estimate of drug-likeness (QED) is 0.648. The van der Waals surface area contributed by atoms with Gasteiger partial charge in [-0.1, -0.05) is 12.1 Å². The summed E-state index contributed by atoms with van der Waals surface area (Å²) in [7, 11) is 0. The van der Waals surface area contributed by atoms with E-state index in [1.54, 1.807) is 12.1 Å². The molecule has 5 heteroatoms. The second-order valence-corrected chi connectivity index (χ2v) is 3.16. The standard InChI is InChI=1S/C10H10FN3O/c11-7-3-1-2-6(9(7)12)10(15)8-4-5-13-14-8/h1-5,10,15H,12H2,(H,13,14). The number of aliphatic hydroxyl groups is 1. The molecule has 0 bridgehead atoms. The number of nitrogen functional groups attached to an aromatic ring is 1. The molecule has 0 saturated carbocycles. The van der Waals surface area contributed by atoms with Crippen LogP contribution in [0.25, 0.3) is 0 Å². The Morgan fingerprint density at radius 2 is 2.20 bits per heavy atom. The molecule has 4 N–H and O–H groups in total. The maximum absolute atomic E-state index is 13.1. The maximum Gasteiger partial charge on any atom is 0.146 e. The van der Waals surface area contributed by atoms with Crippen LogP contribution in [0.3, 0.4) is 0 Å². The van der Waals surface area contributed by atoms with Gasteiger partial charge in [-0.2, -0.15) is 5.10 Å². The van der Waals surface area contributed by atoms with Gasteiger partial charge in [0.05, 0.1) is 11.4 Å². The van der Waals surface area contributed by atoms with Crippen LogP contribution in [0.5, 0.6) is 0 Å². The number of nitrogens with one attached hydrogen (secondary N) is 1. The SMILES string of the molecule is Nc1c(F)cccc1C(O)c1ccn[nH]1. The topological polar surface area (TPSA) is 74.9 Å². The van der Waals surface area contributed by atoms with Crippen molar-refractivity contribution >= 4 is 5.69 Å². The van der Waals surface area contributed by atoms with Gasteiger partial charge >= 0.3 is 0 Å². The van der Waals surface area contributed by atoms with Gasteiger partial charge in [-0.15, -0.1) is 0 Å². The van der Waals surface area contributed by atoms with Crippen LogP contribution < -0.4 is 5.73 Å². The number of hydrogen-bond acceptors (Lipinski definition) is 3. The zero-order valence-electron chi connectivity index (χ0n) is 7.81. The van der Waals surface area contributed by atoms with Gasteiger partial charge in [-0.3, -0.25) is 5.10 Å². The fourth-order valence-corrected chi connectivity index (χ4v) is 1.38. The van der Waals surface area contributed by atoms with E-state index in [1.165, 1.54) is 18.3 Å². The summed E-state index contributed by atoms with van der Waals surface area (Å²) >= 11 is 0. The molecule has 1 heterocycles. The second kappa shape index (κ2) is 3.70. The fraction of sp³-hybridized carbons (Fsp3) is 0.100. The summed E-state index contributed by atoms with van der Waals surface area (Å²) in [6, 6.07) is 5.93. The predicted octanol–water partition coefficient (Wildman–Crippen LogP) is 1.21. The molecule has 0 radical (unpaired) electrons. The number of nitrogens with two attached hydrogens (primary N) is 1. The van der Waals surface area contributed by atoms with Crippen molar-refractivity contribution < 1.29 is 9.50 Å². The molecule has 1 aromatic heterocycles. The van der Waals surface area contributed by atoms with E-state index in [4.69, 9.17) is 5.73 Å². The fourth-order valence-electron chi connectivity index (χ4n) is 1.38. The Labute approximate surface area is 85.6 Å². The smallest absolute Gasteiger partial charge is 0.146 e. The summed E-state index contributed by atoms with van der Waals surface area (Å²) in [6.45, 7) is 0. The summed E-state index contributed by atoms with van der Waals surface area (Å²) in [5, 5.41) is 16.2. The van der Waals surface area contributed by atoms with Crippen molar-refractivity contribution in [2.24, 2.45) is 0 Å². The van der Waals surface area contributed by atoms with E-state index in [9.17, 15) is 9.50 Å². The number of aromatic nitrogens is 2. The van der Waals surface area contributed by atoms with Gasteiger partial charge in [-0.25, -0.2) is 4.39 Å². The van der Waals surface area contributed by atoms with E-state index in [-0.39, 0.29) is 5.69 Å². The van der Waals surface area contributed by atoms with Crippen molar-refractivity contribution in [2.45, 2.75) is 6.10 Å². The van der Waals surface area contributed by atoms with Crippen molar-refractivity contribution in [2.75, 3.05) is 5.73 Å². The number of hydrogen-bond donors (Lipinski definition) is 3. The summed E-state index contributed by atoms with van der Waals surface area (Å²) in [5.41, 5.74) is 6.29. The van der Waals surface area contributed by atoms with Crippen LogP contribution in [0, 0.1) is 5.82 Å². The zero-order chi connectivity index (χ0) is 10.8. The number of rotatable bonds is 2. The van der Waals surface area contributed by atoms with Gasteiger partial charge in [-0.05, 0) is 12.1 Å². The first-order chi connectivity index (χ1) is 7.20. The summed E-state index contributed by atoms with van der Waals surface area (Å²) < 4.78 is 13.1. The van der Waals surface area contributed by atoms with E-state index in [0.29, 0.717) is 11.3 Å².